The molecule has 1 aromatic heterocycles. The predicted molar refractivity (Wildman–Crippen MR) is 151 cm³/mol. The van der Waals surface area contributed by atoms with E-state index in [1.54, 1.807) is 0 Å². The first-order chi connectivity index (χ1) is 16.3. The number of nitrogens with zero attached hydrogens (tertiary/aromatic N) is 2. The molecule has 0 aliphatic carbocycles. The van der Waals surface area contributed by atoms with Crippen molar-refractivity contribution >= 4 is 38.7 Å². The van der Waals surface area contributed by atoms with Crippen LogP contribution in [0.25, 0.3) is 33.0 Å². The molecule has 0 atom stereocenters. The first kappa shape index (κ1) is 23.5. The van der Waals surface area contributed by atoms with E-state index < -0.39 is 0 Å². The highest BCUT2D eigenvalue weighted by Gasteiger charge is 2.14. The fourth-order valence-electron chi connectivity index (χ4n) is 4.49. The number of aryl methyl sites for hydroxylation is 2. The van der Waals surface area contributed by atoms with Gasteiger partial charge in [-0.3, -0.25) is 4.99 Å². The molecule has 0 saturated heterocycles. The molecule has 2 nitrogen and oxygen atoms in total. The molecular weight excluding hydrogens is 412 g/mol. The first-order valence-corrected chi connectivity index (χ1v) is 12.0. The molecule has 172 valence electrons. The highest BCUT2D eigenvalue weighted by Crippen LogP contribution is 2.34. The lowest BCUT2D eigenvalue weighted by molar-refractivity contribution is 0.827. The third-order valence-electron chi connectivity index (χ3n) is 6.61. The Hall–Kier alpha value is -3.65. The lowest BCUT2D eigenvalue weighted by atomic mass is 9.96. The van der Waals surface area contributed by atoms with Crippen molar-refractivity contribution in [3.63, 3.8) is 0 Å². The highest BCUT2D eigenvalue weighted by atomic mass is 15.0. The molecule has 34 heavy (non-hydrogen) atoms. The van der Waals surface area contributed by atoms with Crippen LogP contribution in [0.5, 0.6) is 0 Å². The van der Waals surface area contributed by atoms with Crippen LogP contribution in [0.4, 0.5) is 0 Å². The van der Waals surface area contributed by atoms with Crippen molar-refractivity contribution in [2.24, 2.45) is 4.99 Å². The third-order valence-corrected chi connectivity index (χ3v) is 6.61. The van der Waals surface area contributed by atoms with E-state index in [0.717, 1.165) is 52.1 Å². The molecule has 0 radical (unpaired) electrons. The van der Waals surface area contributed by atoms with Crippen molar-refractivity contribution in [3.8, 4) is 0 Å². The molecular formula is C32H34N2. The van der Waals surface area contributed by atoms with Crippen molar-refractivity contribution in [2.75, 3.05) is 6.54 Å². The van der Waals surface area contributed by atoms with Gasteiger partial charge in [-0.05, 0) is 84.9 Å². The van der Waals surface area contributed by atoms with Crippen LogP contribution < -0.4 is 0 Å². The Bertz CT molecular complexity index is 1440. The molecule has 4 rings (SSSR count). The van der Waals surface area contributed by atoms with E-state index in [-0.39, 0.29) is 0 Å². The number of aliphatic imine (C=N–C) groups is 1. The first-order valence-electron chi connectivity index (χ1n) is 12.0. The minimum Gasteiger partial charge on any atom is -0.341 e. The van der Waals surface area contributed by atoms with Gasteiger partial charge in [-0.1, -0.05) is 68.6 Å². The van der Waals surface area contributed by atoms with Gasteiger partial charge in [-0.25, -0.2) is 0 Å². The molecule has 0 amide bonds. The number of hydrogen-bond donors (Lipinski definition) is 0. The molecule has 0 N–H and O–H groups in total. The largest absolute Gasteiger partial charge is 0.341 e. The zero-order valence-corrected chi connectivity index (χ0v) is 20.9. The van der Waals surface area contributed by atoms with Crippen molar-refractivity contribution in [2.45, 2.75) is 40.7 Å². The second-order valence-electron chi connectivity index (χ2n) is 9.07. The van der Waals surface area contributed by atoms with E-state index in [2.05, 4.69) is 104 Å². The third kappa shape index (κ3) is 4.41. The molecule has 0 aliphatic heterocycles. The Morgan fingerprint density at radius 1 is 0.765 bits per heavy atom. The zero-order valence-electron chi connectivity index (χ0n) is 20.9. The minimum absolute atomic E-state index is 0.632. The van der Waals surface area contributed by atoms with Crippen LogP contribution >= 0.6 is 0 Å². The van der Waals surface area contributed by atoms with Gasteiger partial charge in [0.05, 0.1) is 6.54 Å². The van der Waals surface area contributed by atoms with E-state index in [0.29, 0.717) is 6.54 Å². The molecule has 0 saturated carbocycles. The Morgan fingerprint density at radius 2 is 1.32 bits per heavy atom. The lowest BCUT2D eigenvalue weighted by Gasteiger charge is -2.09. The average Bonchev–Trinajstić information content (AvgIpc) is 3.18. The van der Waals surface area contributed by atoms with Crippen LogP contribution in [0.15, 0.2) is 91.0 Å². The van der Waals surface area contributed by atoms with Crippen molar-refractivity contribution in [1.29, 1.82) is 0 Å². The number of fused-ring (bicyclic) bond motifs is 3. The van der Waals surface area contributed by atoms with E-state index >= 15 is 0 Å². The summed E-state index contributed by atoms with van der Waals surface area (Å²) < 4.78 is 2.38. The van der Waals surface area contributed by atoms with Crippen LogP contribution in [0.3, 0.4) is 0 Å². The summed E-state index contributed by atoms with van der Waals surface area (Å²) in [7, 11) is 0. The SMILES string of the molecule is C=C(C)CN=C(C)C(=C)c1ccc2c(c1)c1cc(C(=C)c3ccc(CC)cc3)ccc1n2CC. The van der Waals surface area contributed by atoms with Crippen molar-refractivity contribution < 1.29 is 0 Å². The summed E-state index contributed by atoms with van der Waals surface area (Å²) in [5, 5.41) is 2.48. The summed E-state index contributed by atoms with van der Waals surface area (Å²) >= 11 is 0. The number of benzene rings is 3. The predicted octanol–water partition coefficient (Wildman–Crippen LogP) is 8.49. The van der Waals surface area contributed by atoms with E-state index in [1.165, 1.54) is 27.4 Å². The van der Waals surface area contributed by atoms with Gasteiger partial charge < -0.3 is 4.57 Å². The summed E-state index contributed by atoms with van der Waals surface area (Å²) in [6.07, 6.45) is 1.04. The van der Waals surface area contributed by atoms with Gasteiger partial charge in [0.1, 0.15) is 0 Å². The monoisotopic (exact) mass is 446 g/mol. The molecule has 4 aromatic rings. The number of aromatic nitrogens is 1. The maximum Gasteiger partial charge on any atom is 0.0597 e. The summed E-state index contributed by atoms with van der Waals surface area (Å²) in [5.41, 5.74) is 11.2. The maximum atomic E-state index is 4.65. The van der Waals surface area contributed by atoms with E-state index in [9.17, 15) is 0 Å². The fraction of sp³-hybridized carbons (Fsp3) is 0.219. The molecule has 0 fully saturated rings. The fourth-order valence-corrected chi connectivity index (χ4v) is 4.49. The van der Waals surface area contributed by atoms with Crippen LogP contribution in [-0.2, 0) is 13.0 Å². The second kappa shape index (κ2) is 9.69. The highest BCUT2D eigenvalue weighted by molar-refractivity contribution is 6.23. The van der Waals surface area contributed by atoms with Gasteiger partial charge in [0.25, 0.3) is 0 Å². The molecule has 0 unspecified atom stereocenters. The summed E-state index contributed by atoms with van der Waals surface area (Å²) in [5.74, 6) is 0. The Kier molecular flexibility index (Phi) is 6.70. The van der Waals surface area contributed by atoms with Gasteiger partial charge in [0.15, 0.2) is 0 Å². The van der Waals surface area contributed by atoms with Crippen molar-refractivity contribution in [3.05, 3.63) is 108 Å². The number of hydrogen-bond acceptors (Lipinski definition) is 1. The summed E-state index contributed by atoms with van der Waals surface area (Å²) in [6, 6.07) is 22.1. The quantitative estimate of drug-likeness (QED) is 0.191. The second-order valence-corrected chi connectivity index (χ2v) is 9.07. The van der Waals surface area contributed by atoms with Gasteiger partial charge in [0.2, 0.25) is 0 Å². The molecule has 0 spiro atoms. The molecule has 0 aliphatic rings. The standard InChI is InChI=1S/C32H34N2/c1-8-25-10-12-26(13-11-25)23(6)28-15-17-32-30(19-28)29-18-27(14-16-31(29)34(32)9-2)22(5)24(7)33-20-21(3)4/h10-19H,3,5-6,8-9,20H2,1-2,4,7H3. The Balaban J connectivity index is 1.81. The smallest absolute Gasteiger partial charge is 0.0597 e. The number of allylic oxidation sites excluding steroid dienone is 1. The van der Waals surface area contributed by atoms with Crippen LogP contribution in [0.1, 0.15) is 49.9 Å². The summed E-state index contributed by atoms with van der Waals surface area (Å²) in [4.78, 5) is 4.65. The van der Waals surface area contributed by atoms with Crippen molar-refractivity contribution in [1.82, 2.24) is 4.57 Å². The molecule has 2 heteroatoms. The number of rotatable bonds is 8. The van der Waals surface area contributed by atoms with Gasteiger partial charge in [0, 0.05) is 34.1 Å². The molecule has 0 bridgehead atoms. The lowest BCUT2D eigenvalue weighted by Crippen LogP contribution is -1.98. The van der Waals surface area contributed by atoms with E-state index in [4.69, 9.17) is 0 Å². The van der Waals surface area contributed by atoms with Crippen LogP contribution in [0.2, 0.25) is 0 Å². The Labute approximate surface area is 203 Å². The maximum absolute atomic E-state index is 4.65. The Morgan fingerprint density at radius 3 is 1.88 bits per heavy atom. The molecule has 3 aromatic carbocycles. The van der Waals surface area contributed by atoms with Crippen LogP contribution in [0, 0.1) is 0 Å². The van der Waals surface area contributed by atoms with E-state index in [1.807, 2.05) is 13.8 Å². The van der Waals surface area contributed by atoms with Gasteiger partial charge >= 0.3 is 0 Å². The summed E-state index contributed by atoms with van der Waals surface area (Å²) in [6.45, 7) is 22.7. The van der Waals surface area contributed by atoms with Gasteiger partial charge in [-0.15, -0.1) is 0 Å². The normalized spacial score (nSPS) is 11.8. The topological polar surface area (TPSA) is 17.3 Å². The zero-order chi connectivity index (χ0) is 24.4. The van der Waals surface area contributed by atoms with Gasteiger partial charge in [-0.2, -0.15) is 0 Å². The van der Waals surface area contributed by atoms with Crippen LogP contribution in [-0.4, -0.2) is 16.8 Å². The molecule has 1 heterocycles. The average molecular weight is 447 g/mol. The minimum atomic E-state index is 0.632.